The van der Waals surface area contributed by atoms with Crippen molar-refractivity contribution in [3.8, 4) is 0 Å². The molecule has 0 spiro atoms. The second kappa shape index (κ2) is 5.78. The van der Waals surface area contributed by atoms with Crippen molar-refractivity contribution < 1.29 is 14.7 Å². The fraction of sp³-hybridized carbons (Fsp3) is 0.462. The molecule has 1 aromatic rings. The summed E-state index contributed by atoms with van der Waals surface area (Å²) in [5.41, 5.74) is -0.261. The van der Waals surface area contributed by atoms with Crippen molar-refractivity contribution in [3.05, 3.63) is 33.2 Å². The lowest BCUT2D eigenvalue weighted by Gasteiger charge is -2.16. The van der Waals surface area contributed by atoms with Crippen molar-refractivity contribution in [2.75, 3.05) is 13.1 Å². The van der Waals surface area contributed by atoms with Gasteiger partial charge in [-0.3, -0.25) is 14.4 Å². The number of amides is 1. The van der Waals surface area contributed by atoms with E-state index in [9.17, 15) is 14.4 Å². The number of carbonyl (C=O) groups is 2. The van der Waals surface area contributed by atoms with Gasteiger partial charge in [0.25, 0.3) is 5.56 Å². The molecule has 0 bridgehead atoms. The van der Waals surface area contributed by atoms with Crippen LogP contribution in [0.2, 0.25) is 0 Å². The van der Waals surface area contributed by atoms with Crippen molar-refractivity contribution in [2.24, 2.45) is 11.8 Å². The molecule has 1 fully saturated rings. The molecule has 7 heteroatoms. The van der Waals surface area contributed by atoms with Crippen LogP contribution >= 0.6 is 15.9 Å². The van der Waals surface area contributed by atoms with Gasteiger partial charge in [0.1, 0.15) is 6.54 Å². The van der Waals surface area contributed by atoms with Gasteiger partial charge in [0, 0.05) is 29.8 Å². The van der Waals surface area contributed by atoms with Gasteiger partial charge in [-0.2, -0.15) is 0 Å². The number of carboxylic acid groups (broad SMARTS) is 1. The summed E-state index contributed by atoms with van der Waals surface area (Å²) in [5.74, 6) is -1.72. The molecule has 0 unspecified atom stereocenters. The summed E-state index contributed by atoms with van der Waals surface area (Å²) in [6, 6.07) is 2.99. The Morgan fingerprint density at radius 2 is 2.10 bits per heavy atom. The van der Waals surface area contributed by atoms with Crippen molar-refractivity contribution in [2.45, 2.75) is 13.5 Å². The zero-order valence-corrected chi connectivity index (χ0v) is 12.5. The molecule has 1 aliphatic rings. The Balaban J connectivity index is 2.08. The molecular formula is C13H15BrN2O4. The Morgan fingerprint density at radius 1 is 1.40 bits per heavy atom. The Labute approximate surface area is 124 Å². The average Bonchev–Trinajstić information content (AvgIpc) is 2.76. The van der Waals surface area contributed by atoms with E-state index in [0.717, 1.165) is 0 Å². The van der Waals surface area contributed by atoms with E-state index < -0.39 is 11.9 Å². The van der Waals surface area contributed by atoms with Crippen LogP contribution in [0.5, 0.6) is 0 Å². The number of hydrogen-bond acceptors (Lipinski definition) is 3. The molecule has 0 radical (unpaired) electrons. The molecule has 0 saturated carbocycles. The predicted octanol–water partition coefficient (Wildman–Crippen LogP) is 0.790. The number of nitrogens with zero attached hydrogens (tertiary/aromatic N) is 2. The monoisotopic (exact) mass is 342 g/mol. The molecule has 1 aliphatic heterocycles. The highest BCUT2D eigenvalue weighted by Crippen LogP contribution is 2.23. The van der Waals surface area contributed by atoms with Gasteiger partial charge < -0.3 is 14.6 Å². The molecule has 0 aromatic carbocycles. The minimum Gasteiger partial charge on any atom is -0.481 e. The number of rotatable bonds is 3. The number of likely N-dealkylation sites (tertiary alicyclic amines) is 1. The van der Waals surface area contributed by atoms with Crippen molar-refractivity contribution in [1.29, 1.82) is 0 Å². The Morgan fingerprint density at radius 3 is 2.70 bits per heavy atom. The molecule has 2 heterocycles. The number of pyridine rings is 1. The fourth-order valence-corrected chi connectivity index (χ4v) is 2.74. The lowest BCUT2D eigenvalue weighted by atomic mass is 9.99. The van der Waals surface area contributed by atoms with Gasteiger partial charge in [-0.1, -0.05) is 6.92 Å². The van der Waals surface area contributed by atoms with E-state index in [4.69, 9.17) is 5.11 Å². The number of aromatic nitrogens is 1. The highest BCUT2D eigenvalue weighted by molar-refractivity contribution is 9.10. The number of carbonyl (C=O) groups excluding carboxylic acids is 1. The maximum atomic E-state index is 12.1. The van der Waals surface area contributed by atoms with Crippen LogP contribution in [0.3, 0.4) is 0 Å². The molecule has 6 nitrogen and oxygen atoms in total. The third-order valence-electron chi connectivity index (χ3n) is 3.54. The van der Waals surface area contributed by atoms with Gasteiger partial charge in [-0.15, -0.1) is 0 Å². The first kappa shape index (κ1) is 14.8. The molecule has 0 aliphatic carbocycles. The highest BCUT2D eigenvalue weighted by atomic mass is 79.9. The van der Waals surface area contributed by atoms with E-state index in [1.807, 2.05) is 6.92 Å². The number of halogens is 1. The number of hydrogen-bond donors (Lipinski definition) is 1. The molecule has 1 amide bonds. The highest BCUT2D eigenvalue weighted by Gasteiger charge is 2.36. The Kier molecular flexibility index (Phi) is 4.27. The number of aliphatic carboxylic acids is 1. The SMILES string of the molecule is C[C@@H]1CN(C(=O)Cn2cc(Br)ccc2=O)C[C@H]1C(=O)O. The average molecular weight is 343 g/mol. The maximum Gasteiger partial charge on any atom is 0.308 e. The van der Waals surface area contributed by atoms with Crippen LogP contribution < -0.4 is 5.56 Å². The molecule has 108 valence electrons. The summed E-state index contributed by atoms with van der Waals surface area (Å²) in [6.45, 7) is 2.37. The summed E-state index contributed by atoms with van der Waals surface area (Å²) in [5, 5.41) is 9.05. The fourth-order valence-electron chi connectivity index (χ4n) is 2.36. The lowest BCUT2D eigenvalue weighted by Crippen LogP contribution is -2.35. The van der Waals surface area contributed by atoms with Gasteiger partial charge in [0.2, 0.25) is 5.91 Å². The normalized spacial score (nSPS) is 22.0. The molecule has 1 aromatic heterocycles. The first-order valence-electron chi connectivity index (χ1n) is 6.25. The van der Waals surface area contributed by atoms with Gasteiger partial charge in [-0.05, 0) is 27.9 Å². The zero-order valence-electron chi connectivity index (χ0n) is 11.0. The topological polar surface area (TPSA) is 79.6 Å². The van der Waals surface area contributed by atoms with Gasteiger partial charge >= 0.3 is 5.97 Å². The molecule has 1 N–H and O–H groups in total. The summed E-state index contributed by atoms with van der Waals surface area (Å²) >= 11 is 3.25. The van der Waals surface area contributed by atoms with E-state index >= 15 is 0 Å². The van der Waals surface area contributed by atoms with E-state index in [1.165, 1.54) is 15.5 Å². The van der Waals surface area contributed by atoms with Crippen molar-refractivity contribution >= 4 is 27.8 Å². The first-order chi connectivity index (χ1) is 9.38. The van der Waals surface area contributed by atoms with Gasteiger partial charge in [-0.25, -0.2) is 0 Å². The zero-order chi connectivity index (χ0) is 14.9. The largest absolute Gasteiger partial charge is 0.481 e. The summed E-state index contributed by atoms with van der Waals surface area (Å²) in [6.07, 6.45) is 1.55. The van der Waals surface area contributed by atoms with Crippen LogP contribution in [0.15, 0.2) is 27.6 Å². The Hall–Kier alpha value is -1.63. The summed E-state index contributed by atoms with van der Waals surface area (Å²) < 4.78 is 2.02. The molecule has 2 atom stereocenters. The van der Waals surface area contributed by atoms with E-state index in [2.05, 4.69) is 15.9 Å². The second-order valence-electron chi connectivity index (χ2n) is 5.03. The molecule has 1 saturated heterocycles. The number of carboxylic acids is 1. The quantitative estimate of drug-likeness (QED) is 0.880. The predicted molar refractivity (Wildman–Crippen MR) is 75.3 cm³/mol. The smallest absolute Gasteiger partial charge is 0.308 e. The summed E-state index contributed by atoms with van der Waals surface area (Å²) in [4.78, 5) is 36.3. The van der Waals surface area contributed by atoms with Gasteiger partial charge in [0.05, 0.1) is 5.92 Å². The van der Waals surface area contributed by atoms with Crippen LogP contribution in [0.1, 0.15) is 6.92 Å². The van der Waals surface area contributed by atoms with E-state index in [0.29, 0.717) is 11.0 Å². The summed E-state index contributed by atoms with van der Waals surface area (Å²) in [7, 11) is 0. The van der Waals surface area contributed by atoms with Gasteiger partial charge in [0.15, 0.2) is 0 Å². The molecule has 2 rings (SSSR count). The van der Waals surface area contributed by atoms with E-state index in [-0.39, 0.29) is 30.5 Å². The molecular weight excluding hydrogens is 328 g/mol. The van der Waals surface area contributed by atoms with Crippen molar-refractivity contribution in [3.63, 3.8) is 0 Å². The first-order valence-corrected chi connectivity index (χ1v) is 7.04. The Bertz CT molecular complexity index is 598. The van der Waals surface area contributed by atoms with Crippen LogP contribution in [0, 0.1) is 11.8 Å². The second-order valence-corrected chi connectivity index (χ2v) is 5.95. The van der Waals surface area contributed by atoms with Crippen LogP contribution in [-0.2, 0) is 16.1 Å². The third-order valence-corrected chi connectivity index (χ3v) is 4.00. The maximum absolute atomic E-state index is 12.1. The standard InChI is InChI=1S/C13H15BrN2O4/c1-8-4-15(6-10(8)13(19)20)12(18)7-16-5-9(14)2-3-11(16)17/h2-3,5,8,10H,4,6-7H2,1H3,(H,19,20)/t8-,10-/m1/s1. The van der Waals surface area contributed by atoms with Crippen LogP contribution in [0.25, 0.3) is 0 Å². The van der Waals surface area contributed by atoms with E-state index in [1.54, 1.807) is 12.3 Å². The molecule has 20 heavy (non-hydrogen) atoms. The van der Waals surface area contributed by atoms with Crippen LogP contribution in [-0.4, -0.2) is 39.5 Å². The third kappa shape index (κ3) is 3.09. The minimum absolute atomic E-state index is 0.0721. The van der Waals surface area contributed by atoms with Crippen LogP contribution in [0.4, 0.5) is 0 Å². The lowest BCUT2D eigenvalue weighted by molar-refractivity contribution is -0.142. The van der Waals surface area contributed by atoms with Crippen molar-refractivity contribution in [1.82, 2.24) is 9.47 Å². The minimum atomic E-state index is -0.882.